The van der Waals surface area contributed by atoms with Crippen molar-refractivity contribution in [2.24, 2.45) is 0 Å². The number of rotatable bonds is 2. The first-order valence-electron chi connectivity index (χ1n) is 5.45. The van der Waals surface area contributed by atoms with Gasteiger partial charge in [0.1, 0.15) is 16.9 Å². The fraction of sp³-hybridized carbons (Fsp3) is 0.545. The van der Waals surface area contributed by atoms with Gasteiger partial charge in [-0.3, -0.25) is 0 Å². The SMILES string of the molecule is CC.CSc1ncnc2c1ncn2C(C)C. The predicted molar refractivity (Wildman–Crippen MR) is 68.8 cm³/mol. The molecule has 4 nitrogen and oxygen atoms in total. The summed E-state index contributed by atoms with van der Waals surface area (Å²) in [6, 6.07) is 0.379. The third-order valence-electron chi connectivity index (χ3n) is 2.07. The van der Waals surface area contributed by atoms with Crippen LogP contribution in [0, 0.1) is 0 Å². The second kappa shape index (κ2) is 5.84. The predicted octanol–water partition coefficient (Wildman–Crippen LogP) is 3.16. The third-order valence-corrected chi connectivity index (χ3v) is 2.76. The van der Waals surface area contributed by atoms with Crippen LogP contribution in [0.25, 0.3) is 11.2 Å². The molecule has 0 aliphatic rings. The number of hydrogen-bond acceptors (Lipinski definition) is 4. The summed E-state index contributed by atoms with van der Waals surface area (Å²) in [7, 11) is 0. The van der Waals surface area contributed by atoms with E-state index in [1.165, 1.54) is 0 Å². The highest BCUT2D eigenvalue weighted by Crippen LogP contribution is 2.22. The average molecular weight is 238 g/mol. The van der Waals surface area contributed by atoms with E-state index in [0.717, 1.165) is 16.2 Å². The lowest BCUT2D eigenvalue weighted by atomic mass is 10.4. The molecule has 0 amide bonds. The molecule has 0 fully saturated rings. The summed E-state index contributed by atoms with van der Waals surface area (Å²) in [6.45, 7) is 8.23. The molecule has 0 unspecified atom stereocenters. The van der Waals surface area contributed by atoms with Crippen LogP contribution in [0.5, 0.6) is 0 Å². The minimum absolute atomic E-state index is 0.379. The standard InChI is InChI=1S/C9H12N4S.C2H6/c1-6(2)13-5-12-7-8(13)10-4-11-9(7)14-3;1-2/h4-6H,1-3H3;1-2H3. The highest BCUT2D eigenvalue weighted by Gasteiger charge is 2.10. The molecule has 0 spiro atoms. The van der Waals surface area contributed by atoms with Crippen LogP contribution in [0.4, 0.5) is 0 Å². The molecule has 16 heavy (non-hydrogen) atoms. The second-order valence-corrected chi connectivity index (χ2v) is 4.10. The van der Waals surface area contributed by atoms with E-state index in [9.17, 15) is 0 Å². The van der Waals surface area contributed by atoms with Crippen molar-refractivity contribution in [2.75, 3.05) is 6.26 Å². The lowest BCUT2D eigenvalue weighted by Crippen LogP contribution is -1.99. The maximum atomic E-state index is 4.33. The molecule has 0 saturated carbocycles. The minimum Gasteiger partial charge on any atom is -0.313 e. The number of thioether (sulfide) groups is 1. The van der Waals surface area contributed by atoms with Crippen molar-refractivity contribution in [3.63, 3.8) is 0 Å². The topological polar surface area (TPSA) is 43.6 Å². The van der Waals surface area contributed by atoms with Gasteiger partial charge in [-0.15, -0.1) is 11.8 Å². The van der Waals surface area contributed by atoms with Gasteiger partial charge in [-0.2, -0.15) is 0 Å². The molecule has 0 aliphatic heterocycles. The van der Waals surface area contributed by atoms with E-state index in [1.807, 2.05) is 26.4 Å². The molecule has 2 rings (SSSR count). The van der Waals surface area contributed by atoms with Gasteiger partial charge in [0.05, 0.1) is 6.33 Å². The van der Waals surface area contributed by atoms with E-state index in [1.54, 1.807) is 18.1 Å². The number of nitrogens with zero attached hydrogens (tertiary/aromatic N) is 4. The second-order valence-electron chi connectivity index (χ2n) is 3.30. The van der Waals surface area contributed by atoms with E-state index in [4.69, 9.17) is 0 Å². The molecule has 0 bridgehead atoms. The van der Waals surface area contributed by atoms with E-state index in [-0.39, 0.29) is 0 Å². The van der Waals surface area contributed by atoms with Gasteiger partial charge in [0.25, 0.3) is 0 Å². The Balaban J connectivity index is 0.000000606. The molecule has 0 aromatic carbocycles. The number of fused-ring (bicyclic) bond motifs is 1. The largest absolute Gasteiger partial charge is 0.313 e. The van der Waals surface area contributed by atoms with Crippen molar-refractivity contribution >= 4 is 22.9 Å². The highest BCUT2D eigenvalue weighted by atomic mass is 32.2. The average Bonchev–Trinajstić information content (AvgIpc) is 2.75. The van der Waals surface area contributed by atoms with Crippen LogP contribution < -0.4 is 0 Å². The van der Waals surface area contributed by atoms with Crippen molar-refractivity contribution in [3.8, 4) is 0 Å². The first-order chi connectivity index (χ1) is 7.74. The van der Waals surface area contributed by atoms with Crippen molar-refractivity contribution in [1.82, 2.24) is 19.5 Å². The summed E-state index contributed by atoms with van der Waals surface area (Å²) in [6.07, 6.45) is 5.41. The zero-order valence-electron chi connectivity index (χ0n) is 10.4. The molecule has 5 heteroatoms. The van der Waals surface area contributed by atoms with Crippen LogP contribution in [0.2, 0.25) is 0 Å². The molecule has 0 aliphatic carbocycles. The Hall–Kier alpha value is -1.10. The molecular formula is C11H18N4S. The highest BCUT2D eigenvalue weighted by molar-refractivity contribution is 7.98. The fourth-order valence-electron chi connectivity index (χ4n) is 1.36. The lowest BCUT2D eigenvalue weighted by Gasteiger charge is -2.06. The van der Waals surface area contributed by atoms with E-state index < -0.39 is 0 Å². The Morgan fingerprint density at radius 1 is 1.19 bits per heavy atom. The summed E-state index contributed by atoms with van der Waals surface area (Å²) in [5, 5.41) is 0.939. The minimum atomic E-state index is 0.379. The number of aromatic nitrogens is 4. The molecule has 2 aromatic rings. The zero-order chi connectivity index (χ0) is 12.1. The summed E-state index contributed by atoms with van der Waals surface area (Å²) in [4.78, 5) is 12.7. The Kier molecular flexibility index (Phi) is 4.73. The van der Waals surface area contributed by atoms with Gasteiger partial charge in [0.15, 0.2) is 5.65 Å². The van der Waals surface area contributed by atoms with Crippen molar-refractivity contribution in [1.29, 1.82) is 0 Å². The summed E-state index contributed by atoms with van der Waals surface area (Å²) >= 11 is 1.60. The lowest BCUT2D eigenvalue weighted by molar-refractivity contribution is 0.612. The molecular weight excluding hydrogens is 220 g/mol. The molecule has 0 N–H and O–H groups in total. The Bertz CT molecular complexity index is 450. The van der Waals surface area contributed by atoms with Crippen LogP contribution in [-0.2, 0) is 0 Å². The maximum absolute atomic E-state index is 4.33. The molecule has 2 heterocycles. The zero-order valence-corrected chi connectivity index (χ0v) is 11.2. The first kappa shape index (κ1) is 13.0. The van der Waals surface area contributed by atoms with Gasteiger partial charge >= 0.3 is 0 Å². The van der Waals surface area contributed by atoms with Crippen molar-refractivity contribution < 1.29 is 0 Å². The Morgan fingerprint density at radius 2 is 1.88 bits per heavy atom. The van der Waals surface area contributed by atoms with E-state index in [0.29, 0.717) is 6.04 Å². The number of imidazole rings is 1. The van der Waals surface area contributed by atoms with Crippen LogP contribution in [-0.4, -0.2) is 25.8 Å². The molecule has 0 saturated heterocycles. The van der Waals surface area contributed by atoms with Crippen molar-refractivity contribution in [3.05, 3.63) is 12.7 Å². The van der Waals surface area contributed by atoms with Crippen LogP contribution in [0.1, 0.15) is 33.7 Å². The van der Waals surface area contributed by atoms with Crippen LogP contribution in [0.15, 0.2) is 17.7 Å². The Morgan fingerprint density at radius 3 is 2.44 bits per heavy atom. The van der Waals surface area contributed by atoms with E-state index in [2.05, 4.69) is 33.4 Å². The quantitative estimate of drug-likeness (QED) is 0.595. The summed E-state index contributed by atoms with van der Waals surface area (Å²) in [5.74, 6) is 0. The monoisotopic (exact) mass is 238 g/mol. The van der Waals surface area contributed by atoms with Crippen molar-refractivity contribution in [2.45, 2.75) is 38.8 Å². The molecule has 2 aromatic heterocycles. The third kappa shape index (κ3) is 2.35. The molecule has 0 atom stereocenters. The van der Waals surface area contributed by atoms with Gasteiger partial charge in [-0.25, -0.2) is 15.0 Å². The van der Waals surface area contributed by atoms with Gasteiger partial charge in [-0.1, -0.05) is 13.8 Å². The summed E-state index contributed by atoms with van der Waals surface area (Å²) in [5.41, 5.74) is 1.81. The van der Waals surface area contributed by atoms with Gasteiger partial charge < -0.3 is 4.57 Å². The summed E-state index contributed by atoms with van der Waals surface area (Å²) < 4.78 is 2.05. The van der Waals surface area contributed by atoms with Crippen LogP contribution in [0.3, 0.4) is 0 Å². The normalized spacial score (nSPS) is 10.4. The van der Waals surface area contributed by atoms with E-state index >= 15 is 0 Å². The molecule has 88 valence electrons. The maximum Gasteiger partial charge on any atom is 0.164 e. The van der Waals surface area contributed by atoms with Gasteiger partial charge in [-0.05, 0) is 20.1 Å². The fourth-order valence-corrected chi connectivity index (χ4v) is 1.85. The Labute approximate surface area is 101 Å². The first-order valence-corrected chi connectivity index (χ1v) is 6.68. The van der Waals surface area contributed by atoms with Crippen LogP contribution >= 0.6 is 11.8 Å². The number of hydrogen-bond donors (Lipinski definition) is 0. The van der Waals surface area contributed by atoms with Gasteiger partial charge in [0.2, 0.25) is 0 Å². The molecule has 0 radical (unpaired) electrons. The van der Waals surface area contributed by atoms with Gasteiger partial charge in [0, 0.05) is 6.04 Å². The smallest absolute Gasteiger partial charge is 0.164 e.